The van der Waals surface area contributed by atoms with Gasteiger partial charge in [0.25, 0.3) is 0 Å². The summed E-state index contributed by atoms with van der Waals surface area (Å²) in [5.41, 5.74) is 0. The highest BCUT2D eigenvalue weighted by molar-refractivity contribution is 4.69. The molecule has 0 aliphatic carbocycles. The summed E-state index contributed by atoms with van der Waals surface area (Å²) in [6.07, 6.45) is 4.08. The second-order valence-electron chi connectivity index (χ2n) is 4.10. The van der Waals surface area contributed by atoms with Gasteiger partial charge in [0.05, 0.1) is 6.07 Å². The summed E-state index contributed by atoms with van der Waals surface area (Å²) in [6.45, 7) is 7.77. The number of nitrogens with zero attached hydrogens (tertiary/aromatic N) is 1. The summed E-state index contributed by atoms with van der Waals surface area (Å²) in [5.74, 6) is 0.765. The Bertz CT molecular complexity index is 147. The number of unbranched alkanes of at least 4 members (excludes halogenated alkanes) is 2. The molecule has 0 saturated carbocycles. The van der Waals surface area contributed by atoms with E-state index in [1.54, 1.807) is 0 Å². The molecule has 1 unspecified atom stereocenters. The Labute approximate surface area is 82.3 Å². The fourth-order valence-electron chi connectivity index (χ4n) is 1.47. The number of hydrogen-bond donors (Lipinski definition) is 1. The first-order valence-electron chi connectivity index (χ1n) is 5.27. The standard InChI is InChI=1S/C11H22N2/c1-10(2)9-11(3)13-8-6-4-5-7-12/h10-11,13H,4-6,8-9H2,1-3H3. The molecule has 0 amide bonds. The minimum Gasteiger partial charge on any atom is -0.314 e. The smallest absolute Gasteiger partial charge is 0.0621 e. The van der Waals surface area contributed by atoms with Gasteiger partial charge in [-0.3, -0.25) is 0 Å². The first-order valence-corrected chi connectivity index (χ1v) is 5.27. The van der Waals surface area contributed by atoms with Crippen LogP contribution in [-0.2, 0) is 0 Å². The maximum atomic E-state index is 8.32. The average molecular weight is 182 g/mol. The Hall–Kier alpha value is -0.550. The quantitative estimate of drug-likeness (QED) is 0.614. The van der Waals surface area contributed by atoms with E-state index in [9.17, 15) is 0 Å². The Kier molecular flexibility index (Phi) is 7.73. The molecule has 2 nitrogen and oxygen atoms in total. The molecule has 0 aliphatic rings. The first kappa shape index (κ1) is 12.4. The fourth-order valence-corrected chi connectivity index (χ4v) is 1.47. The molecule has 0 aromatic heterocycles. The highest BCUT2D eigenvalue weighted by Crippen LogP contribution is 2.03. The predicted octanol–water partition coefficient (Wildman–Crippen LogP) is 2.70. The van der Waals surface area contributed by atoms with Gasteiger partial charge < -0.3 is 5.32 Å². The van der Waals surface area contributed by atoms with Crippen molar-refractivity contribution in [2.75, 3.05) is 6.54 Å². The number of nitrogens with one attached hydrogen (secondary N) is 1. The molecule has 1 N–H and O–H groups in total. The van der Waals surface area contributed by atoms with Crippen LogP contribution in [0.3, 0.4) is 0 Å². The number of rotatable bonds is 7. The van der Waals surface area contributed by atoms with Gasteiger partial charge in [0.2, 0.25) is 0 Å². The Morgan fingerprint density at radius 3 is 2.46 bits per heavy atom. The van der Waals surface area contributed by atoms with E-state index in [1.165, 1.54) is 6.42 Å². The zero-order valence-electron chi connectivity index (χ0n) is 9.14. The monoisotopic (exact) mass is 182 g/mol. The van der Waals surface area contributed by atoms with E-state index in [-0.39, 0.29) is 0 Å². The van der Waals surface area contributed by atoms with Gasteiger partial charge in [-0.05, 0) is 38.6 Å². The molecule has 0 spiro atoms. The molecule has 0 heterocycles. The van der Waals surface area contributed by atoms with Crippen LogP contribution in [0.25, 0.3) is 0 Å². The average Bonchev–Trinajstić information content (AvgIpc) is 2.02. The second-order valence-corrected chi connectivity index (χ2v) is 4.10. The highest BCUT2D eigenvalue weighted by Gasteiger charge is 2.02. The van der Waals surface area contributed by atoms with Crippen LogP contribution < -0.4 is 5.32 Å². The van der Waals surface area contributed by atoms with Crippen molar-refractivity contribution < 1.29 is 0 Å². The highest BCUT2D eigenvalue weighted by atomic mass is 14.9. The van der Waals surface area contributed by atoms with Crippen molar-refractivity contribution in [1.29, 1.82) is 5.26 Å². The number of hydrogen-bond acceptors (Lipinski definition) is 2. The van der Waals surface area contributed by atoms with E-state index in [0.29, 0.717) is 12.5 Å². The normalized spacial score (nSPS) is 12.8. The third-order valence-electron chi connectivity index (χ3n) is 2.03. The topological polar surface area (TPSA) is 35.8 Å². The molecule has 0 radical (unpaired) electrons. The van der Waals surface area contributed by atoms with Crippen LogP contribution in [0.1, 0.15) is 46.5 Å². The van der Waals surface area contributed by atoms with Gasteiger partial charge in [0, 0.05) is 12.5 Å². The second kappa shape index (κ2) is 8.07. The molecular weight excluding hydrogens is 160 g/mol. The molecule has 0 rings (SSSR count). The lowest BCUT2D eigenvalue weighted by Gasteiger charge is -2.15. The van der Waals surface area contributed by atoms with E-state index >= 15 is 0 Å². The van der Waals surface area contributed by atoms with Crippen molar-refractivity contribution in [3.63, 3.8) is 0 Å². The van der Waals surface area contributed by atoms with Crippen LogP contribution >= 0.6 is 0 Å². The van der Waals surface area contributed by atoms with Gasteiger partial charge >= 0.3 is 0 Å². The Morgan fingerprint density at radius 1 is 1.23 bits per heavy atom. The zero-order valence-corrected chi connectivity index (χ0v) is 9.14. The van der Waals surface area contributed by atoms with Crippen molar-refractivity contribution in [3.05, 3.63) is 0 Å². The van der Waals surface area contributed by atoms with E-state index in [2.05, 4.69) is 32.2 Å². The molecule has 0 bridgehead atoms. The van der Waals surface area contributed by atoms with Gasteiger partial charge in [-0.2, -0.15) is 5.26 Å². The third-order valence-corrected chi connectivity index (χ3v) is 2.03. The van der Waals surface area contributed by atoms with Crippen molar-refractivity contribution in [3.8, 4) is 6.07 Å². The minimum absolute atomic E-state index is 0.613. The van der Waals surface area contributed by atoms with E-state index in [0.717, 1.165) is 25.3 Å². The molecular formula is C11H22N2. The van der Waals surface area contributed by atoms with E-state index in [4.69, 9.17) is 5.26 Å². The molecule has 2 heteroatoms. The molecule has 13 heavy (non-hydrogen) atoms. The first-order chi connectivity index (χ1) is 6.16. The Morgan fingerprint density at radius 2 is 1.92 bits per heavy atom. The van der Waals surface area contributed by atoms with Crippen LogP contribution in [0.5, 0.6) is 0 Å². The maximum Gasteiger partial charge on any atom is 0.0621 e. The molecule has 1 atom stereocenters. The lowest BCUT2D eigenvalue weighted by molar-refractivity contribution is 0.437. The lowest BCUT2D eigenvalue weighted by Crippen LogP contribution is -2.28. The van der Waals surface area contributed by atoms with Gasteiger partial charge in [0.1, 0.15) is 0 Å². The lowest BCUT2D eigenvalue weighted by atomic mass is 10.1. The van der Waals surface area contributed by atoms with Crippen LogP contribution in [0.2, 0.25) is 0 Å². The molecule has 76 valence electrons. The van der Waals surface area contributed by atoms with Crippen LogP contribution in [0.15, 0.2) is 0 Å². The summed E-state index contributed by atoms with van der Waals surface area (Å²) in [5, 5.41) is 11.8. The maximum absolute atomic E-state index is 8.32. The summed E-state index contributed by atoms with van der Waals surface area (Å²) in [7, 11) is 0. The number of nitriles is 1. The van der Waals surface area contributed by atoms with Crippen molar-refractivity contribution >= 4 is 0 Å². The van der Waals surface area contributed by atoms with Crippen molar-refractivity contribution in [2.24, 2.45) is 5.92 Å². The van der Waals surface area contributed by atoms with E-state index < -0.39 is 0 Å². The van der Waals surface area contributed by atoms with Crippen molar-refractivity contribution in [2.45, 2.75) is 52.5 Å². The molecule has 0 saturated heterocycles. The van der Waals surface area contributed by atoms with Gasteiger partial charge in [-0.15, -0.1) is 0 Å². The summed E-state index contributed by atoms with van der Waals surface area (Å²) >= 11 is 0. The van der Waals surface area contributed by atoms with Crippen LogP contribution in [0.4, 0.5) is 0 Å². The fraction of sp³-hybridized carbons (Fsp3) is 0.909. The summed E-state index contributed by atoms with van der Waals surface area (Å²) in [6, 6.07) is 2.77. The van der Waals surface area contributed by atoms with Gasteiger partial charge in [0.15, 0.2) is 0 Å². The molecule has 0 aromatic carbocycles. The molecule has 0 aromatic rings. The van der Waals surface area contributed by atoms with Gasteiger partial charge in [-0.25, -0.2) is 0 Å². The predicted molar refractivity (Wildman–Crippen MR) is 56.4 cm³/mol. The SMILES string of the molecule is CC(C)CC(C)NCCCCC#N. The summed E-state index contributed by atoms with van der Waals surface area (Å²) < 4.78 is 0. The Balaban J connectivity index is 3.18. The zero-order chi connectivity index (χ0) is 10.1. The third kappa shape index (κ3) is 9.36. The van der Waals surface area contributed by atoms with Crippen molar-refractivity contribution in [1.82, 2.24) is 5.32 Å². The van der Waals surface area contributed by atoms with Gasteiger partial charge in [-0.1, -0.05) is 13.8 Å². The minimum atomic E-state index is 0.613. The van der Waals surface area contributed by atoms with Crippen LogP contribution in [-0.4, -0.2) is 12.6 Å². The van der Waals surface area contributed by atoms with E-state index in [1.807, 2.05) is 0 Å². The largest absolute Gasteiger partial charge is 0.314 e. The summed E-state index contributed by atoms with van der Waals surface area (Å²) in [4.78, 5) is 0. The molecule has 0 aliphatic heterocycles. The van der Waals surface area contributed by atoms with Crippen LogP contribution in [0, 0.1) is 17.2 Å². The molecule has 0 fully saturated rings.